The van der Waals surface area contributed by atoms with E-state index >= 15 is 0 Å². The summed E-state index contributed by atoms with van der Waals surface area (Å²) in [7, 11) is 1.71. The minimum Gasteiger partial charge on any atom is -0.385 e. The van der Waals surface area contributed by atoms with Crippen LogP contribution in [0.25, 0.3) is 11.1 Å². The molecule has 3 unspecified atom stereocenters. The number of hydrogen-bond donors (Lipinski definition) is 2. The smallest absolute Gasteiger partial charge is 0.0954 e. The molecule has 1 heterocycles. The first-order valence-corrected chi connectivity index (χ1v) is 11.8. The van der Waals surface area contributed by atoms with Crippen molar-refractivity contribution < 1.29 is 9.84 Å². The Hall–Kier alpha value is -0.620. The number of methoxy groups -OCH3 is 1. The fourth-order valence-electron chi connectivity index (χ4n) is 4.27. The van der Waals surface area contributed by atoms with Crippen molar-refractivity contribution in [2.75, 3.05) is 13.7 Å². The van der Waals surface area contributed by atoms with Gasteiger partial charge in [0.2, 0.25) is 0 Å². The van der Waals surface area contributed by atoms with Crippen LogP contribution in [0.3, 0.4) is 0 Å². The van der Waals surface area contributed by atoms with E-state index in [0.717, 1.165) is 42.4 Å². The van der Waals surface area contributed by atoms with Gasteiger partial charge in [0.25, 0.3) is 0 Å². The topological polar surface area (TPSA) is 41.5 Å². The number of nitrogens with one attached hydrogen (secondary N) is 1. The Balaban J connectivity index is 2.06. The molecule has 0 saturated carbocycles. The van der Waals surface area contributed by atoms with Crippen molar-refractivity contribution in [3.05, 3.63) is 59.1 Å². The normalized spacial score (nSPS) is 24.2. The summed E-state index contributed by atoms with van der Waals surface area (Å²) in [4.78, 5) is -0.0891. The number of halogens is 3. The molecule has 158 valence electrons. The Morgan fingerprint density at radius 1 is 1.14 bits per heavy atom. The number of ether oxygens (including phenoxy) is 1. The van der Waals surface area contributed by atoms with Crippen molar-refractivity contribution in [2.45, 2.75) is 48.2 Å². The molecule has 1 aliphatic rings. The highest BCUT2D eigenvalue weighted by Crippen LogP contribution is 2.47. The second-order valence-corrected chi connectivity index (χ2v) is 9.54. The molecule has 0 aromatic heterocycles. The van der Waals surface area contributed by atoms with E-state index in [2.05, 4.69) is 21.2 Å². The Morgan fingerprint density at radius 3 is 2.59 bits per heavy atom. The molecule has 2 N–H and O–H groups in total. The van der Waals surface area contributed by atoms with Gasteiger partial charge in [-0.05, 0) is 49.3 Å². The lowest BCUT2D eigenvalue weighted by molar-refractivity contribution is -0.0480. The summed E-state index contributed by atoms with van der Waals surface area (Å²) in [6.07, 6.45) is 3.99. The van der Waals surface area contributed by atoms with Crippen molar-refractivity contribution in [3.8, 4) is 11.1 Å². The van der Waals surface area contributed by atoms with Gasteiger partial charge in [-0.2, -0.15) is 0 Å². The van der Waals surface area contributed by atoms with Gasteiger partial charge < -0.3 is 9.84 Å². The zero-order chi connectivity index (χ0) is 20.9. The zero-order valence-electron chi connectivity index (χ0n) is 16.6. The molecule has 3 nitrogen and oxygen atoms in total. The van der Waals surface area contributed by atoms with E-state index in [1.54, 1.807) is 7.11 Å². The molecule has 0 bridgehead atoms. The Kier molecular flexibility index (Phi) is 8.43. The first kappa shape index (κ1) is 23.1. The number of piperidine rings is 1. The van der Waals surface area contributed by atoms with E-state index < -0.39 is 5.60 Å². The molecule has 29 heavy (non-hydrogen) atoms. The third kappa shape index (κ3) is 5.36. The van der Waals surface area contributed by atoms with Crippen LogP contribution < -0.4 is 5.32 Å². The number of alkyl halides is 2. The van der Waals surface area contributed by atoms with Crippen molar-refractivity contribution in [3.63, 3.8) is 0 Å². The van der Waals surface area contributed by atoms with Crippen LogP contribution in [0.2, 0.25) is 5.02 Å². The molecule has 2 aromatic carbocycles. The molecule has 2 aromatic rings. The molecular formula is C23H28BrCl2NO2. The van der Waals surface area contributed by atoms with E-state index in [1.807, 2.05) is 48.5 Å². The van der Waals surface area contributed by atoms with Gasteiger partial charge in [-0.1, -0.05) is 70.0 Å². The van der Waals surface area contributed by atoms with Crippen LogP contribution in [0.4, 0.5) is 0 Å². The average molecular weight is 501 g/mol. The highest BCUT2D eigenvalue weighted by Gasteiger charge is 2.45. The number of hydrogen-bond acceptors (Lipinski definition) is 3. The molecule has 3 rings (SSSR count). The fourth-order valence-corrected chi connectivity index (χ4v) is 5.99. The number of unbranched alkanes of at least 4 members (excludes halogenated alkanes) is 1. The number of aliphatic hydroxyl groups is 1. The van der Waals surface area contributed by atoms with Crippen LogP contribution in [0.1, 0.15) is 37.7 Å². The lowest BCUT2D eigenvalue weighted by Gasteiger charge is -2.44. The molecule has 1 aliphatic heterocycles. The number of benzene rings is 2. The summed E-state index contributed by atoms with van der Waals surface area (Å²) in [5.74, 6) is -0.0408. The summed E-state index contributed by atoms with van der Waals surface area (Å²) in [5.41, 5.74) is 1.63. The van der Waals surface area contributed by atoms with E-state index in [4.69, 9.17) is 27.9 Å². The predicted octanol–water partition coefficient (Wildman–Crippen LogP) is 6.30. The lowest BCUT2D eigenvalue weighted by atomic mass is 9.72. The average Bonchev–Trinajstić information content (AvgIpc) is 2.71. The Morgan fingerprint density at radius 2 is 1.90 bits per heavy atom. The minimum absolute atomic E-state index is 0.0408. The molecule has 0 spiro atoms. The third-order valence-electron chi connectivity index (χ3n) is 5.74. The minimum atomic E-state index is -1.05. The van der Waals surface area contributed by atoms with Crippen LogP contribution in [-0.2, 0) is 10.3 Å². The highest BCUT2D eigenvalue weighted by atomic mass is 79.9. The quantitative estimate of drug-likeness (QED) is 0.254. The Labute approximate surface area is 191 Å². The van der Waals surface area contributed by atoms with Gasteiger partial charge in [0.05, 0.1) is 16.1 Å². The van der Waals surface area contributed by atoms with Gasteiger partial charge in [-0.25, -0.2) is 0 Å². The molecule has 6 heteroatoms. The standard InChI is InChI=1S/C23H28BrCl2NO2/c1-29-15-6-5-14-23(28,18-12-13-20(26)27-22(18)24)17-10-7-11-19(25)21(17)16-8-3-2-4-9-16/h2-4,7-11,18,20,22,27-28H,5-6,12-15H2,1H3/t18?,20?,22?,23-/m1/s1. The summed E-state index contributed by atoms with van der Waals surface area (Å²) in [6.45, 7) is 0.682. The third-order valence-corrected chi connectivity index (χ3v) is 7.30. The molecule has 0 aliphatic carbocycles. The summed E-state index contributed by atoms with van der Waals surface area (Å²) >= 11 is 16.7. The van der Waals surface area contributed by atoms with Gasteiger partial charge in [0.1, 0.15) is 0 Å². The monoisotopic (exact) mass is 499 g/mol. The lowest BCUT2D eigenvalue weighted by Crippen LogP contribution is -2.51. The molecule has 0 radical (unpaired) electrons. The maximum Gasteiger partial charge on any atom is 0.0954 e. The molecular weight excluding hydrogens is 473 g/mol. The summed E-state index contributed by atoms with van der Waals surface area (Å²) < 4.78 is 5.21. The molecule has 4 atom stereocenters. The first-order valence-electron chi connectivity index (χ1n) is 10.1. The second kappa shape index (κ2) is 10.6. The first-order chi connectivity index (χ1) is 14.0. The fraction of sp³-hybridized carbons (Fsp3) is 0.478. The molecule has 1 fully saturated rings. The van der Waals surface area contributed by atoms with E-state index in [0.29, 0.717) is 18.1 Å². The molecule has 0 amide bonds. The summed E-state index contributed by atoms with van der Waals surface area (Å²) in [6, 6.07) is 15.9. The molecule has 1 saturated heterocycles. The zero-order valence-corrected chi connectivity index (χ0v) is 19.7. The van der Waals surface area contributed by atoms with Gasteiger partial charge in [0.15, 0.2) is 0 Å². The van der Waals surface area contributed by atoms with Gasteiger partial charge in [-0.15, -0.1) is 11.6 Å². The SMILES string of the molecule is COCCCC[C@@](O)(c1cccc(Cl)c1-c1ccccc1)C1CCC(Cl)NC1Br. The van der Waals surface area contributed by atoms with Gasteiger partial charge in [-0.3, -0.25) is 5.32 Å². The van der Waals surface area contributed by atoms with E-state index in [-0.39, 0.29) is 16.4 Å². The van der Waals surface area contributed by atoms with Crippen LogP contribution in [0.15, 0.2) is 48.5 Å². The van der Waals surface area contributed by atoms with Crippen molar-refractivity contribution in [2.24, 2.45) is 5.92 Å². The van der Waals surface area contributed by atoms with Gasteiger partial charge >= 0.3 is 0 Å². The van der Waals surface area contributed by atoms with Crippen molar-refractivity contribution in [1.29, 1.82) is 0 Å². The maximum absolute atomic E-state index is 12.2. The van der Waals surface area contributed by atoms with Crippen LogP contribution in [-0.4, -0.2) is 29.3 Å². The summed E-state index contributed by atoms with van der Waals surface area (Å²) in [5, 5.41) is 16.2. The second-order valence-electron chi connectivity index (χ2n) is 7.62. The highest BCUT2D eigenvalue weighted by molar-refractivity contribution is 9.09. The van der Waals surface area contributed by atoms with Crippen LogP contribution in [0, 0.1) is 5.92 Å². The van der Waals surface area contributed by atoms with E-state index in [9.17, 15) is 5.11 Å². The largest absolute Gasteiger partial charge is 0.385 e. The predicted molar refractivity (Wildman–Crippen MR) is 125 cm³/mol. The van der Waals surface area contributed by atoms with Crippen molar-refractivity contribution in [1.82, 2.24) is 5.32 Å². The van der Waals surface area contributed by atoms with Crippen LogP contribution in [0.5, 0.6) is 0 Å². The van der Waals surface area contributed by atoms with Gasteiger partial charge in [0, 0.05) is 30.2 Å². The van der Waals surface area contributed by atoms with Crippen LogP contribution >= 0.6 is 39.1 Å². The maximum atomic E-state index is 12.2. The number of rotatable bonds is 8. The Bertz CT molecular complexity index is 792. The van der Waals surface area contributed by atoms with E-state index in [1.165, 1.54) is 0 Å². The van der Waals surface area contributed by atoms with Crippen molar-refractivity contribution >= 4 is 39.1 Å².